The molecule has 3 nitrogen and oxygen atoms in total. The van der Waals surface area contributed by atoms with Gasteiger partial charge >= 0.3 is 0 Å². The van der Waals surface area contributed by atoms with Gasteiger partial charge in [-0.2, -0.15) is 0 Å². The lowest BCUT2D eigenvalue weighted by atomic mass is 10.2. The minimum absolute atomic E-state index is 0.561. The van der Waals surface area contributed by atoms with Crippen LogP contribution in [0.1, 0.15) is 5.56 Å². The van der Waals surface area contributed by atoms with E-state index in [1.54, 1.807) is 7.11 Å². The van der Waals surface area contributed by atoms with Crippen LogP contribution in [-0.2, 0) is 17.5 Å². The van der Waals surface area contributed by atoms with Crippen LogP contribution in [0.2, 0.25) is 0 Å². The van der Waals surface area contributed by atoms with Gasteiger partial charge in [-0.1, -0.05) is 30.3 Å². The number of methoxy groups -OCH3 is 1. The average molecular weight is 261 g/mol. The number of benzene rings is 2. The first kappa shape index (κ1) is 12.8. The Bertz CT molecular complexity index is 511. The number of hydrogen-bond acceptors (Lipinski definition) is 2. The zero-order chi connectivity index (χ0) is 12.8. The number of rotatable bonds is 5. The van der Waals surface area contributed by atoms with Crippen LogP contribution in [0.4, 0.5) is 0 Å². The summed E-state index contributed by atoms with van der Waals surface area (Å²) in [5.41, 5.74) is 1.07. The van der Waals surface area contributed by atoms with Gasteiger partial charge in [-0.15, -0.1) is 0 Å². The highest BCUT2D eigenvalue weighted by Gasteiger charge is 2.02. The van der Waals surface area contributed by atoms with Gasteiger partial charge in [-0.3, -0.25) is 0 Å². The molecule has 0 bridgehead atoms. The van der Waals surface area contributed by atoms with E-state index >= 15 is 0 Å². The fraction of sp³-hybridized carbons (Fsp3) is 0.143. The highest BCUT2D eigenvalue weighted by molar-refractivity contribution is 7.83. The van der Waals surface area contributed by atoms with E-state index in [1.165, 1.54) is 0 Å². The van der Waals surface area contributed by atoms with Gasteiger partial charge < -0.3 is 4.74 Å². The molecule has 2 aromatic rings. The highest BCUT2D eigenvalue weighted by atomic mass is 32.2. The fourth-order valence-corrected chi connectivity index (χ4v) is 2.39. The van der Waals surface area contributed by atoms with E-state index in [4.69, 9.17) is 4.74 Å². The Morgan fingerprint density at radius 3 is 2.33 bits per heavy atom. The first-order valence-electron chi connectivity index (χ1n) is 5.63. The average Bonchev–Trinajstić information content (AvgIpc) is 2.46. The third-order valence-corrected chi connectivity index (χ3v) is 3.63. The molecular formula is C14H15NO2S. The second kappa shape index (κ2) is 6.33. The maximum Gasteiger partial charge on any atom is 0.125 e. The molecule has 0 fully saturated rings. The largest absolute Gasteiger partial charge is 0.497 e. The Balaban J connectivity index is 1.93. The molecule has 0 amide bonds. The van der Waals surface area contributed by atoms with Crippen LogP contribution in [0.15, 0.2) is 59.5 Å². The Morgan fingerprint density at radius 2 is 1.72 bits per heavy atom. The van der Waals surface area contributed by atoms with Gasteiger partial charge in [0.2, 0.25) is 0 Å². The molecule has 0 unspecified atom stereocenters. The molecule has 94 valence electrons. The van der Waals surface area contributed by atoms with E-state index < -0.39 is 11.0 Å². The molecule has 0 saturated carbocycles. The summed E-state index contributed by atoms with van der Waals surface area (Å²) in [5, 5.41) is 0. The molecular weight excluding hydrogens is 246 g/mol. The van der Waals surface area contributed by atoms with Gasteiger partial charge in [0, 0.05) is 6.54 Å². The zero-order valence-electron chi connectivity index (χ0n) is 10.1. The molecule has 0 spiro atoms. The summed E-state index contributed by atoms with van der Waals surface area (Å²) < 4.78 is 20.0. The zero-order valence-corrected chi connectivity index (χ0v) is 10.9. The minimum atomic E-state index is -1.17. The lowest BCUT2D eigenvalue weighted by Crippen LogP contribution is -2.16. The molecule has 0 aliphatic carbocycles. The van der Waals surface area contributed by atoms with E-state index in [2.05, 4.69) is 4.72 Å². The molecule has 2 rings (SSSR count). The Kier molecular flexibility index (Phi) is 4.50. The summed E-state index contributed by atoms with van der Waals surface area (Å²) in [7, 11) is 0.464. The van der Waals surface area contributed by atoms with E-state index in [-0.39, 0.29) is 0 Å². The number of hydrogen-bond donors (Lipinski definition) is 1. The normalized spacial score (nSPS) is 12.1. The van der Waals surface area contributed by atoms with Gasteiger partial charge in [0.15, 0.2) is 0 Å². The molecule has 0 radical (unpaired) electrons. The van der Waals surface area contributed by atoms with Crippen molar-refractivity contribution in [2.75, 3.05) is 7.11 Å². The lowest BCUT2D eigenvalue weighted by molar-refractivity contribution is 0.414. The first-order chi connectivity index (χ1) is 8.79. The summed E-state index contributed by atoms with van der Waals surface area (Å²) in [4.78, 5) is 0.783. The van der Waals surface area contributed by atoms with Crippen LogP contribution < -0.4 is 9.46 Å². The second-order valence-electron chi connectivity index (χ2n) is 3.75. The van der Waals surface area contributed by atoms with Crippen molar-refractivity contribution in [1.82, 2.24) is 4.72 Å². The molecule has 0 aliphatic rings. The highest BCUT2D eigenvalue weighted by Crippen LogP contribution is 2.11. The van der Waals surface area contributed by atoms with Gasteiger partial charge in [-0.25, -0.2) is 8.93 Å². The quantitative estimate of drug-likeness (QED) is 0.898. The van der Waals surface area contributed by atoms with Gasteiger partial charge in [0.05, 0.1) is 12.0 Å². The van der Waals surface area contributed by atoms with E-state index in [1.807, 2.05) is 54.6 Å². The predicted octanol–water partition coefficient (Wildman–Crippen LogP) is 2.51. The van der Waals surface area contributed by atoms with Crippen molar-refractivity contribution in [2.45, 2.75) is 11.4 Å². The molecule has 0 aromatic heterocycles. The molecule has 0 heterocycles. The van der Waals surface area contributed by atoms with Crippen molar-refractivity contribution in [1.29, 1.82) is 0 Å². The molecule has 4 heteroatoms. The number of ether oxygens (including phenoxy) is 1. The van der Waals surface area contributed by atoms with Crippen LogP contribution in [-0.4, -0.2) is 11.3 Å². The van der Waals surface area contributed by atoms with Crippen molar-refractivity contribution in [2.24, 2.45) is 0 Å². The standard InChI is InChI=1S/C14H15NO2S/c1-17-13-9-7-12(8-10-13)11-15-18(16)14-5-3-2-4-6-14/h2-10,15H,11H2,1H3/t18-/m1/s1. The molecule has 0 saturated heterocycles. The third kappa shape index (κ3) is 3.42. The summed E-state index contributed by atoms with van der Waals surface area (Å²) in [6, 6.07) is 17.0. The van der Waals surface area contributed by atoms with Crippen molar-refractivity contribution >= 4 is 11.0 Å². The molecule has 1 atom stereocenters. The van der Waals surface area contributed by atoms with E-state index in [9.17, 15) is 4.21 Å². The van der Waals surface area contributed by atoms with Crippen LogP contribution >= 0.6 is 0 Å². The maximum atomic E-state index is 11.9. The fourth-order valence-electron chi connectivity index (χ4n) is 1.52. The molecule has 0 aliphatic heterocycles. The lowest BCUT2D eigenvalue weighted by Gasteiger charge is -2.05. The Labute approximate surface area is 109 Å². The monoisotopic (exact) mass is 261 g/mol. The van der Waals surface area contributed by atoms with Crippen LogP contribution in [0.3, 0.4) is 0 Å². The molecule has 2 aromatic carbocycles. The van der Waals surface area contributed by atoms with Crippen LogP contribution in [0.5, 0.6) is 5.75 Å². The summed E-state index contributed by atoms with van der Waals surface area (Å²) >= 11 is 0. The van der Waals surface area contributed by atoms with Gasteiger partial charge in [-0.05, 0) is 29.8 Å². The van der Waals surface area contributed by atoms with Crippen molar-refractivity contribution < 1.29 is 8.95 Å². The summed E-state index contributed by atoms with van der Waals surface area (Å²) in [6.45, 7) is 0.561. The van der Waals surface area contributed by atoms with Crippen LogP contribution in [0, 0.1) is 0 Å². The maximum absolute atomic E-state index is 11.9. The Morgan fingerprint density at radius 1 is 1.06 bits per heavy atom. The minimum Gasteiger partial charge on any atom is -0.497 e. The molecule has 1 N–H and O–H groups in total. The van der Waals surface area contributed by atoms with Crippen LogP contribution in [0.25, 0.3) is 0 Å². The van der Waals surface area contributed by atoms with Crippen molar-refractivity contribution in [3.8, 4) is 5.75 Å². The summed E-state index contributed by atoms with van der Waals surface area (Å²) in [6.07, 6.45) is 0. The first-order valence-corrected chi connectivity index (χ1v) is 6.78. The smallest absolute Gasteiger partial charge is 0.125 e. The summed E-state index contributed by atoms with van der Waals surface area (Å²) in [5.74, 6) is 0.822. The molecule has 18 heavy (non-hydrogen) atoms. The Hall–Kier alpha value is -1.65. The second-order valence-corrected chi connectivity index (χ2v) is 5.05. The van der Waals surface area contributed by atoms with Crippen molar-refractivity contribution in [3.63, 3.8) is 0 Å². The van der Waals surface area contributed by atoms with Gasteiger partial charge in [0.25, 0.3) is 0 Å². The SMILES string of the molecule is COc1ccc(CN[S@](=O)c2ccccc2)cc1. The third-order valence-electron chi connectivity index (χ3n) is 2.52. The van der Waals surface area contributed by atoms with E-state index in [0.29, 0.717) is 6.54 Å². The van der Waals surface area contributed by atoms with E-state index in [0.717, 1.165) is 16.2 Å². The van der Waals surface area contributed by atoms with Gasteiger partial charge in [0.1, 0.15) is 16.7 Å². The number of nitrogens with one attached hydrogen (secondary N) is 1. The predicted molar refractivity (Wildman–Crippen MR) is 72.7 cm³/mol. The topological polar surface area (TPSA) is 38.3 Å². The van der Waals surface area contributed by atoms with Crippen molar-refractivity contribution in [3.05, 3.63) is 60.2 Å².